The van der Waals surface area contributed by atoms with E-state index in [1.54, 1.807) is 23.5 Å². The van der Waals surface area contributed by atoms with Crippen molar-refractivity contribution in [2.24, 2.45) is 5.41 Å². The smallest absolute Gasteiger partial charge is 0.275 e. The second kappa shape index (κ2) is 12.5. The number of rotatable bonds is 7. The molecule has 0 bridgehead atoms. The summed E-state index contributed by atoms with van der Waals surface area (Å²) in [4.78, 5) is 52.3. The SMILES string of the molecule is CC(C)n1cnc2cc(-c3ccc4c(c3)N([C@H]3C[C@@H](N5CCC(C)(C)C5)C3)C(=O)C43CCN(C(=O)c4cocn4)CC3)nc(Nc3ccncc3F)c21. The molecule has 2 amide bonds. The molecule has 53 heavy (non-hydrogen) atoms. The lowest BCUT2D eigenvalue weighted by Gasteiger charge is -2.46. The molecule has 4 aliphatic rings. The van der Waals surface area contributed by atoms with Gasteiger partial charge in [-0.15, -0.1) is 0 Å². The molecule has 1 aliphatic carbocycles. The molecule has 3 fully saturated rings. The molecule has 13 heteroatoms. The third kappa shape index (κ3) is 5.58. The van der Waals surface area contributed by atoms with Gasteiger partial charge in [-0.3, -0.25) is 19.5 Å². The van der Waals surface area contributed by atoms with Crippen molar-refractivity contribution < 1.29 is 18.4 Å². The Labute approximate surface area is 307 Å². The minimum absolute atomic E-state index is 0.0865. The highest BCUT2D eigenvalue weighted by molar-refractivity contribution is 6.09. The zero-order valence-corrected chi connectivity index (χ0v) is 30.5. The van der Waals surface area contributed by atoms with Gasteiger partial charge < -0.3 is 24.1 Å². The molecule has 7 heterocycles. The van der Waals surface area contributed by atoms with Gasteiger partial charge in [0, 0.05) is 55.2 Å². The van der Waals surface area contributed by atoms with Crippen LogP contribution in [0.1, 0.15) is 81.9 Å². The maximum absolute atomic E-state index is 14.9. The number of anilines is 3. The molecular formula is C40H44FN9O3. The van der Waals surface area contributed by atoms with Crippen molar-refractivity contribution in [1.29, 1.82) is 0 Å². The lowest BCUT2D eigenvalue weighted by Crippen LogP contribution is -2.57. The Morgan fingerprint density at radius 1 is 1.04 bits per heavy atom. The maximum atomic E-state index is 14.9. The van der Waals surface area contributed by atoms with Gasteiger partial charge in [0.1, 0.15) is 11.8 Å². The monoisotopic (exact) mass is 717 g/mol. The van der Waals surface area contributed by atoms with Crippen LogP contribution in [0, 0.1) is 11.2 Å². The number of likely N-dealkylation sites (tertiary alicyclic amines) is 2. The summed E-state index contributed by atoms with van der Waals surface area (Å²) in [6.07, 6.45) is 11.2. The average molecular weight is 718 g/mol. The van der Waals surface area contributed by atoms with Gasteiger partial charge in [0.25, 0.3) is 5.91 Å². The molecule has 12 nitrogen and oxygen atoms in total. The Morgan fingerprint density at radius 3 is 2.55 bits per heavy atom. The third-order valence-corrected chi connectivity index (χ3v) is 12.1. The van der Waals surface area contributed by atoms with Crippen molar-refractivity contribution in [1.82, 2.24) is 34.3 Å². The predicted molar refractivity (Wildman–Crippen MR) is 198 cm³/mol. The number of nitrogens with one attached hydrogen (secondary N) is 1. The number of hydrogen-bond acceptors (Lipinski definition) is 9. The van der Waals surface area contributed by atoms with E-state index in [0.29, 0.717) is 48.9 Å². The highest BCUT2D eigenvalue weighted by Crippen LogP contribution is 2.52. The Kier molecular flexibility index (Phi) is 7.91. The zero-order chi connectivity index (χ0) is 36.6. The number of fused-ring (bicyclic) bond motifs is 3. The normalized spacial score (nSPS) is 22.2. The molecule has 4 aromatic heterocycles. The van der Waals surface area contributed by atoms with E-state index in [0.717, 1.165) is 53.8 Å². The summed E-state index contributed by atoms with van der Waals surface area (Å²) in [6.45, 7) is 11.9. The van der Waals surface area contributed by atoms with Crippen LogP contribution in [0.2, 0.25) is 0 Å². The summed E-state index contributed by atoms with van der Waals surface area (Å²) < 4.78 is 22.0. The van der Waals surface area contributed by atoms with E-state index >= 15 is 0 Å². The zero-order valence-electron chi connectivity index (χ0n) is 30.5. The molecule has 274 valence electrons. The van der Waals surface area contributed by atoms with E-state index in [4.69, 9.17) is 14.4 Å². The van der Waals surface area contributed by atoms with Gasteiger partial charge in [-0.2, -0.15) is 0 Å². The van der Waals surface area contributed by atoms with E-state index in [-0.39, 0.29) is 35.3 Å². The lowest BCUT2D eigenvalue weighted by atomic mass is 9.73. The van der Waals surface area contributed by atoms with Crippen LogP contribution < -0.4 is 10.2 Å². The second-order valence-corrected chi connectivity index (χ2v) is 16.3. The number of oxazole rings is 1. The number of piperidine rings is 1. The van der Waals surface area contributed by atoms with Crippen LogP contribution in [0.15, 0.2) is 66.1 Å². The first-order valence-electron chi connectivity index (χ1n) is 18.7. The van der Waals surface area contributed by atoms with Crippen LogP contribution in [-0.4, -0.2) is 84.4 Å². The van der Waals surface area contributed by atoms with E-state index in [2.05, 4.69) is 64.9 Å². The van der Waals surface area contributed by atoms with Crippen LogP contribution in [0.4, 0.5) is 21.6 Å². The number of halogens is 1. The standard InChI is InChI=1S/C40H44FN9O3/c1-24(2)49-22-43-32-18-31(46-36(35(32)49)45-30-7-11-42-19-29(30)41)25-5-6-28-34(15-25)50(27-16-26(17-27)48-12-8-39(3,4)21-48)38(52)40(28)9-13-47(14-10-40)37(51)33-20-53-23-44-33/h5-7,11,15,18-20,22-24,26-27H,8-10,12-14,16-17,21H2,1-4H3,(H,42,45,46)/t26-,27+. The van der Waals surface area contributed by atoms with Crippen molar-refractivity contribution in [3.05, 3.63) is 78.8 Å². The number of amides is 2. The van der Waals surface area contributed by atoms with Crippen LogP contribution in [0.25, 0.3) is 22.3 Å². The van der Waals surface area contributed by atoms with Gasteiger partial charge in [-0.05, 0) is 81.7 Å². The van der Waals surface area contributed by atoms with E-state index < -0.39 is 11.2 Å². The first-order valence-corrected chi connectivity index (χ1v) is 18.7. The Morgan fingerprint density at radius 2 is 1.85 bits per heavy atom. The van der Waals surface area contributed by atoms with Crippen LogP contribution >= 0.6 is 0 Å². The lowest BCUT2D eigenvalue weighted by molar-refractivity contribution is -0.125. The molecule has 0 unspecified atom stereocenters. The summed E-state index contributed by atoms with van der Waals surface area (Å²) in [5.41, 5.74) is 5.06. The molecule has 5 aromatic rings. The van der Waals surface area contributed by atoms with Gasteiger partial charge in [-0.1, -0.05) is 26.0 Å². The number of carbonyl (C=O) groups excluding carboxylic acids is 2. The molecule has 1 N–H and O–H groups in total. The summed E-state index contributed by atoms with van der Waals surface area (Å²) in [7, 11) is 0. The molecule has 1 spiro atoms. The van der Waals surface area contributed by atoms with Gasteiger partial charge >= 0.3 is 0 Å². The molecule has 2 saturated heterocycles. The molecule has 0 atom stereocenters. The number of benzene rings is 1. The Bertz CT molecular complexity index is 2220. The fourth-order valence-electron chi connectivity index (χ4n) is 8.99. The first kappa shape index (κ1) is 33.7. The number of pyridine rings is 2. The second-order valence-electron chi connectivity index (χ2n) is 16.3. The topological polar surface area (TPSA) is 126 Å². The van der Waals surface area contributed by atoms with Crippen molar-refractivity contribution in [2.75, 3.05) is 36.4 Å². The molecule has 9 rings (SSSR count). The molecule has 1 saturated carbocycles. The van der Waals surface area contributed by atoms with E-state index in [1.807, 2.05) is 16.7 Å². The fraction of sp³-hybridized carbons (Fsp3) is 0.450. The summed E-state index contributed by atoms with van der Waals surface area (Å²) in [5.74, 6) is -0.0546. The highest BCUT2D eigenvalue weighted by atomic mass is 19.1. The van der Waals surface area contributed by atoms with Gasteiger partial charge in [0.05, 0.1) is 34.8 Å². The number of hydrogen-bond donors (Lipinski definition) is 1. The van der Waals surface area contributed by atoms with Gasteiger partial charge in [0.2, 0.25) is 5.91 Å². The number of carbonyl (C=O) groups is 2. The van der Waals surface area contributed by atoms with Crippen LogP contribution in [0.3, 0.4) is 0 Å². The van der Waals surface area contributed by atoms with Crippen molar-refractivity contribution in [3.8, 4) is 11.3 Å². The minimum atomic E-state index is -0.728. The number of aromatic nitrogens is 5. The molecule has 0 radical (unpaired) electrons. The first-order chi connectivity index (χ1) is 25.5. The summed E-state index contributed by atoms with van der Waals surface area (Å²) in [5, 5.41) is 3.22. The van der Waals surface area contributed by atoms with Crippen LogP contribution in [0.5, 0.6) is 0 Å². The van der Waals surface area contributed by atoms with Crippen molar-refractivity contribution in [3.63, 3.8) is 0 Å². The van der Waals surface area contributed by atoms with Crippen LogP contribution in [-0.2, 0) is 10.2 Å². The Hall–Kier alpha value is -5.17. The highest BCUT2D eigenvalue weighted by Gasteiger charge is 2.56. The minimum Gasteiger partial charge on any atom is -0.451 e. The summed E-state index contributed by atoms with van der Waals surface area (Å²) >= 11 is 0. The largest absolute Gasteiger partial charge is 0.451 e. The van der Waals surface area contributed by atoms with E-state index in [9.17, 15) is 14.0 Å². The van der Waals surface area contributed by atoms with Gasteiger partial charge in [0.15, 0.2) is 23.7 Å². The third-order valence-electron chi connectivity index (χ3n) is 12.1. The quantitative estimate of drug-likeness (QED) is 0.195. The summed E-state index contributed by atoms with van der Waals surface area (Å²) in [6, 6.07) is 10.4. The molecular weight excluding hydrogens is 673 g/mol. The van der Waals surface area contributed by atoms with Gasteiger partial charge in [-0.25, -0.2) is 19.3 Å². The van der Waals surface area contributed by atoms with Crippen molar-refractivity contribution >= 4 is 40.0 Å². The average Bonchev–Trinajstić information content (AvgIpc) is 3.93. The number of nitrogens with zero attached hydrogens (tertiary/aromatic N) is 8. The molecule has 3 aliphatic heterocycles. The maximum Gasteiger partial charge on any atom is 0.275 e. The van der Waals surface area contributed by atoms with E-state index in [1.165, 1.54) is 25.3 Å². The molecule has 1 aromatic carbocycles. The predicted octanol–water partition coefficient (Wildman–Crippen LogP) is 6.73. The Balaban J connectivity index is 1.09. The van der Waals surface area contributed by atoms with Crippen molar-refractivity contribution in [2.45, 2.75) is 83.3 Å². The number of imidazole rings is 1. The fourth-order valence-corrected chi connectivity index (χ4v) is 8.99.